The molecule has 0 spiro atoms. The number of ketones is 1. The van der Waals surface area contributed by atoms with Crippen molar-refractivity contribution in [2.75, 3.05) is 20.1 Å². The van der Waals surface area contributed by atoms with Gasteiger partial charge in [-0.15, -0.1) is 0 Å². The Kier molecular flexibility index (Phi) is 9.72. The van der Waals surface area contributed by atoms with Gasteiger partial charge in [-0.25, -0.2) is 4.79 Å². The Balaban J connectivity index is 2.44. The van der Waals surface area contributed by atoms with Crippen LogP contribution >= 0.6 is 34.8 Å². The molecule has 2 aromatic carbocycles. The van der Waals surface area contributed by atoms with Gasteiger partial charge in [0.2, 0.25) is 0 Å². The number of nitrogens with one attached hydrogen (secondary N) is 1. The number of hydrogen-bond donors (Lipinski definition) is 1. The van der Waals surface area contributed by atoms with Crippen LogP contribution in [0.25, 0.3) is 6.08 Å². The first-order valence-electron chi connectivity index (χ1n) is 10.2. The number of urea groups is 1. The van der Waals surface area contributed by atoms with Crippen molar-refractivity contribution in [2.45, 2.75) is 25.2 Å². The molecule has 36 heavy (non-hydrogen) atoms. The van der Waals surface area contributed by atoms with Crippen LogP contribution in [0.15, 0.2) is 36.4 Å². The summed E-state index contributed by atoms with van der Waals surface area (Å²) in [6.07, 6.45) is -8.32. The summed E-state index contributed by atoms with van der Waals surface area (Å²) in [5, 5.41) is 1.83. The lowest BCUT2D eigenvalue weighted by atomic mass is 9.95. The van der Waals surface area contributed by atoms with Crippen molar-refractivity contribution in [3.8, 4) is 0 Å². The molecule has 1 atom stereocenters. The fourth-order valence-corrected chi connectivity index (χ4v) is 3.79. The fourth-order valence-electron chi connectivity index (χ4n) is 3.17. The number of halogens is 9. The molecule has 0 saturated carbocycles. The van der Waals surface area contributed by atoms with Crippen LogP contribution in [0.1, 0.15) is 39.9 Å². The number of carbonyl (C=O) groups excluding carboxylic acids is 2. The van der Waals surface area contributed by atoms with Gasteiger partial charge >= 0.3 is 18.4 Å². The van der Waals surface area contributed by atoms with Crippen molar-refractivity contribution in [3.63, 3.8) is 0 Å². The summed E-state index contributed by atoms with van der Waals surface area (Å²) in [6.45, 7) is 1.24. The molecule has 4 nitrogen and oxygen atoms in total. The van der Waals surface area contributed by atoms with E-state index in [-0.39, 0.29) is 32.7 Å². The molecule has 0 heterocycles. The minimum atomic E-state index is -4.99. The molecule has 1 unspecified atom stereocenters. The van der Waals surface area contributed by atoms with E-state index in [9.17, 15) is 35.9 Å². The van der Waals surface area contributed by atoms with Gasteiger partial charge in [0.15, 0.2) is 5.78 Å². The average Bonchev–Trinajstić information content (AvgIpc) is 2.76. The number of carbonyl (C=O) groups is 2. The van der Waals surface area contributed by atoms with Gasteiger partial charge in [-0.3, -0.25) is 4.79 Å². The predicted molar refractivity (Wildman–Crippen MR) is 127 cm³/mol. The highest BCUT2D eigenvalue weighted by atomic mass is 35.5. The number of hydrogen-bond acceptors (Lipinski definition) is 2. The Morgan fingerprint density at radius 2 is 1.61 bits per heavy atom. The van der Waals surface area contributed by atoms with E-state index in [4.69, 9.17) is 34.8 Å². The fraction of sp³-hybridized carbons (Fsp3) is 0.304. The van der Waals surface area contributed by atoms with Crippen molar-refractivity contribution in [1.29, 1.82) is 0 Å². The molecule has 0 fully saturated rings. The maximum atomic E-state index is 13.7. The second kappa shape index (κ2) is 11.7. The van der Waals surface area contributed by atoms with Gasteiger partial charge < -0.3 is 10.2 Å². The Morgan fingerprint density at radius 1 is 1.03 bits per heavy atom. The van der Waals surface area contributed by atoms with Crippen LogP contribution in [-0.2, 0) is 6.18 Å². The van der Waals surface area contributed by atoms with Crippen LogP contribution in [0.3, 0.4) is 0 Å². The molecule has 1 N–H and O–H groups in total. The van der Waals surface area contributed by atoms with Crippen LogP contribution in [0.5, 0.6) is 0 Å². The van der Waals surface area contributed by atoms with E-state index in [0.29, 0.717) is 12.1 Å². The van der Waals surface area contributed by atoms with Gasteiger partial charge in [0.1, 0.15) is 0 Å². The minimum absolute atomic E-state index is 0.139. The van der Waals surface area contributed by atoms with Crippen LogP contribution in [0, 0.1) is 0 Å². The highest BCUT2D eigenvalue weighted by Gasteiger charge is 2.40. The first kappa shape index (κ1) is 29.8. The van der Waals surface area contributed by atoms with E-state index in [0.717, 1.165) is 35.2 Å². The number of allylic oxidation sites excluding steroid dienone is 1. The molecule has 2 amide bonds. The van der Waals surface area contributed by atoms with Crippen LogP contribution in [0.2, 0.25) is 15.1 Å². The molecule has 2 aromatic rings. The zero-order valence-electron chi connectivity index (χ0n) is 18.7. The van der Waals surface area contributed by atoms with E-state index < -0.39 is 47.8 Å². The molecule has 0 aliphatic rings. The van der Waals surface area contributed by atoms with Gasteiger partial charge in [0.25, 0.3) is 0 Å². The second-order valence-electron chi connectivity index (χ2n) is 7.59. The summed E-state index contributed by atoms with van der Waals surface area (Å²) in [6, 6.07) is 3.76. The largest absolute Gasteiger partial charge is 0.417 e. The summed E-state index contributed by atoms with van der Waals surface area (Å²) < 4.78 is 82.2. The Bertz CT molecular complexity index is 1140. The van der Waals surface area contributed by atoms with Crippen LogP contribution in [-0.4, -0.2) is 43.0 Å². The number of nitrogens with zero attached hydrogens (tertiary/aromatic N) is 1. The Hall–Kier alpha value is -2.43. The number of benzene rings is 2. The molecule has 2 rings (SSSR count). The summed E-state index contributed by atoms with van der Waals surface area (Å²) in [5.41, 5.74) is -2.68. The lowest BCUT2D eigenvalue weighted by Crippen LogP contribution is -2.40. The van der Waals surface area contributed by atoms with Crippen LogP contribution < -0.4 is 5.32 Å². The van der Waals surface area contributed by atoms with E-state index >= 15 is 0 Å². The highest BCUT2D eigenvalue weighted by Crippen LogP contribution is 2.41. The van der Waals surface area contributed by atoms with Gasteiger partial charge in [0.05, 0.1) is 33.1 Å². The minimum Gasteiger partial charge on any atom is -0.338 e. The summed E-state index contributed by atoms with van der Waals surface area (Å²) >= 11 is 17.4. The summed E-state index contributed by atoms with van der Waals surface area (Å²) in [4.78, 5) is 25.2. The third-order valence-corrected chi connectivity index (χ3v) is 6.10. The van der Waals surface area contributed by atoms with E-state index in [1.807, 2.05) is 0 Å². The SMILES string of the molecule is CCNC(=O)N(C)CC(=O)c1ccc(/C=C/C(c2cc(Cl)c(Cl)c(Cl)c2)C(F)(F)F)cc1C(F)(F)F. The third-order valence-electron chi connectivity index (χ3n) is 4.90. The number of rotatable bonds is 7. The Morgan fingerprint density at radius 3 is 2.11 bits per heavy atom. The molecule has 196 valence electrons. The van der Waals surface area contributed by atoms with Crippen molar-refractivity contribution in [1.82, 2.24) is 10.2 Å². The van der Waals surface area contributed by atoms with E-state index in [1.54, 1.807) is 6.92 Å². The number of Topliss-reactive ketones (excluding diaryl/α,β-unsaturated/α-hetero) is 1. The second-order valence-corrected chi connectivity index (χ2v) is 8.79. The average molecular weight is 576 g/mol. The first-order valence-corrected chi connectivity index (χ1v) is 11.3. The third kappa shape index (κ3) is 7.54. The molecular weight excluding hydrogens is 557 g/mol. The molecule has 13 heteroatoms. The maximum Gasteiger partial charge on any atom is 0.417 e. The number of amides is 2. The zero-order chi connectivity index (χ0) is 27.4. The topological polar surface area (TPSA) is 49.4 Å². The van der Waals surface area contributed by atoms with Crippen molar-refractivity contribution in [3.05, 3.63) is 73.7 Å². The zero-order valence-corrected chi connectivity index (χ0v) is 21.0. The standard InChI is InChI=1S/C23H19Cl3F6N2O2/c1-3-33-21(36)34(2)11-19(35)14-6-4-12(8-16(14)23(30,31)32)5-7-15(22(27,28)29)13-9-17(24)20(26)18(25)10-13/h4-10,15H,3,11H2,1-2H3,(H,33,36)/b7-5+. The van der Waals surface area contributed by atoms with Crippen LogP contribution in [0.4, 0.5) is 31.1 Å². The van der Waals surface area contributed by atoms with Crippen molar-refractivity contribution >= 4 is 52.7 Å². The molecule has 0 aliphatic carbocycles. The van der Waals surface area contributed by atoms with E-state index in [1.165, 1.54) is 7.05 Å². The number of alkyl halides is 6. The summed E-state index contributed by atoms with van der Waals surface area (Å²) in [7, 11) is 1.24. The van der Waals surface area contributed by atoms with Crippen molar-refractivity contribution < 1.29 is 35.9 Å². The molecule has 0 aliphatic heterocycles. The van der Waals surface area contributed by atoms with Crippen molar-refractivity contribution in [2.24, 2.45) is 0 Å². The summed E-state index contributed by atoms with van der Waals surface area (Å²) in [5.74, 6) is -3.25. The van der Waals surface area contributed by atoms with Gasteiger partial charge in [-0.05, 0) is 36.2 Å². The highest BCUT2D eigenvalue weighted by molar-refractivity contribution is 6.48. The predicted octanol–water partition coefficient (Wildman–Crippen LogP) is 7.87. The molecule has 0 aromatic heterocycles. The number of likely N-dealkylation sites (N-methyl/N-ethyl adjacent to an activating group) is 1. The monoisotopic (exact) mass is 574 g/mol. The molecule has 0 bridgehead atoms. The molecule has 0 radical (unpaired) electrons. The maximum absolute atomic E-state index is 13.7. The quantitative estimate of drug-likeness (QED) is 0.208. The molecule has 0 saturated heterocycles. The van der Waals surface area contributed by atoms with Gasteiger partial charge in [-0.1, -0.05) is 59.1 Å². The Labute approximate surface area is 217 Å². The lowest BCUT2D eigenvalue weighted by Gasteiger charge is -2.19. The lowest BCUT2D eigenvalue weighted by molar-refractivity contribution is -0.139. The smallest absolute Gasteiger partial charge is 0.338 e. The first-order chi connectivity index (χ1) is 16.6. The normalized spacial score (nSPS) is 13.1. The van der Waals surface area contributed by atoms with Gasteiger partial charge in [0, 0.05) is 19.2 Å². The molecular formula is C23H19Cl3F6N2O2. The van der Waals surface area contributed by atoms with Gasteiger partial charge in [-0.2, -0.15) is 26.3 Å². The van der Waals surface area contributed by atoms with E-state index in [2.05, 4.69) is 5.32 Å².